The van der Waals surface area contributed by atoms with Gasteiger partial charge in [0.15, 0.2) is 0 Å². The van der Waals surface area contributed by atoms with Gasteiger partial charge in [0.1, 0.15) is 0 Å². The molecule has 7 nitrogen and oxygen atoms in total. The average molecular weight is 336 g/mol. The van der Waals surface area contributed by atoms with Crippen LogP contribution in [-0.4, -0.2) is 54.8 Å². The average Bonchev–Trinajstić information content (AvgIpc) is 2.26. The van der Waals surface area contributed by atoms with Gasteiger partial charge in [0, 0.05) is 19.6 Å². The second-order valence-corrected chi connectivity index (χ2v) is 8.76. The molecule has 1 saturated heterocycles. The molecule has 0 aromatic heterocycles. The Morgan fingerprint density at radius 2 is 1.68 bits per heavy atom. The maximum atomic E-state index is 12.8. The highest BCUT2D eigenvalue weighted by atomic mass is 31.2. The van der Waals surface area contributed by atoms with Crippen molar-refractivity contribution in [2.24, 2.45) is 0 Å². The summed E-state index contributed by atoms with van der Waals surface area (Å²) in [6.07, 6.45) is 0. The SMILES string of the molecule is CC(C)(C)OP(=O)(OCCN1CCNCC1=O)OC(C)(C)C. The summed E-state index contributed by atoms with van der Waals surface area (Å²) >= 11 is 0. The third-order valence-electron chi connectivity index (χ3n) is 2.57. The number of carbonyl (C=O) groups is 1. The van der Waals surface area contributed by atoms with E-state index in [0.29, 0.717) is 19.6 Å². The van der Waals surface area contributed by atoms with Gasteiger partial charge in [-0.3, -0.25) is 18.4 Å². The highest BCUT2D eigenvalue weighted by Gasteiger charge is 2.37. The number of phosphoric acid groups is 1. The topological polar surface area (TPSA) is 77.1 Å². The Balaban J connectivity index is 2.60. The van der Waals surface area contributed by atoms with Gasteiger partial charge in [-0.15, -0.1) is 0 Å². The zero-order valence-electron chi connectivity index (χ0n) is 14.5. The molecular weight excluding hydrogens is 307 g/mol. The van der Waals surface area contributed by atoms with E-state index in [1.165, 1.54) is 0 Å². The van der Waals surface area contributed by atoms with E-state index in [2.05, 4.69) is 5.32 Å². The number of amides is 1. The summed E-state index contributed by atoms with van der Waals surface area (Å²) < 4.78 is 29.2. The van der Waals surface area contributed by atoms with Crippen molar-refractivity contribution in [1.82, 2.24) is 10.2 Å². The number of hydrogen-bond donors (Lipinski definition) is 1. The molecule has 0 atom stereocenters. The lowest BCUT2D eigenvalue weighted by molar-refractivity contribution is -0.132. The van der Waals surface area contributed by atoms with E-state index in [9.17, 15) is 9.36 Å². The molecule has 0 unspecified atom stereocenters. The van der Waals surface area contributed by atoms with Gasteiger partial charge in [-0.1, -0.05) is 0 Å². The van der Waals surface area contributed by atoms with Crippen LogP contribution in [0.2, 0.25) is 0 Å². The number of nitrogens with zero attached hydrogens (tertiary/aromatic N) is 1. The fourth-order valence-corrected chi connectivity index (χ4v) is 3.68. The molecule has 0 saturated carbocycles. The molecule has 1 heterocycles. The number of phosphoric ester groups is 1. The van der Waals surface area contributed by atoms with Crippen LogP contribution in [0.4, 0.5) is 0 Å². The molecule has 1 aliphatic rings. The molecule has 0 spiro atoms. The minimum absolute atomic E-state index is 0.0122. The Hall–Kier alpha value is -0.460. The standard InChI is InChI=1S/C14H29N2O5P/c1-13(2,3)20-22(18,21-14(4,5)6)19-10-9-16-8-7-15-11-12(16)17/h15H,7-11H2,1-6H3. The molecule has 130 valence electrons. The predicted molar refractivity (Wildman–Crippen MR) is 84.7 cm³/mol. The molecule has 22 heavy (non-hydrogen) atoms. The summed E-state index contributed by atoms with van der Waals surface area (Å²) in [5, 5.41) is 3.00. The monoisotopic (exact) mass is 336 g/mol. The summed E-state index contributed by atoms with van der Waals surface area (Å²) in [7, 11) is -3.70. The van der Waals surface area contributed by atoms with Crippen LogP contribution in [-0.2, 0) is 22.9 Å². The number of nitrogens with one attached hydrogen (secondary N) is 1. The summed E-state index contributed by atoms with van der Waals surface area (Å²) in [5.41, 5.74) is -1.32. The van der Waals surface area contributed by atoms with Crippen LogP contribution in [0.1, 0.15) is 41.5 Å². The Labute approximate surface area is 133 Å². The Kier molecular flexibility index (Phi) is 6.59. The molecular formula is C14H29N2O5P. The maximum Gasteiger partial charge on any atom is 0.475 e. The van der Waals surface area contributed by atoms with Crippen LogP contribution >= 0.6 is 7.82 Å². The van der Waals surface area contributed by atoms with Crippen LogP contribution in [0.3, 0.4) is 0 Å². The van der Waals surface area contributed by atoms with Crippen LogP contribution in [0.15, 0.2) is 0 Å². The van der Waals surface area contributed by atoms with Crippen LogP contribution in [0.5, 0.6) is 0 Å². The maximum absolute atomic E-state index is 12.8. The third-order valence-corrected chi connectivity index (χ3v) is 4.61. The molecule has 1 amide bonds. The van der Waals surface area contributed by atoms with E-state index in [0.717, 1.165) is 6.54 Å². The van der Waals surface area contributed by atoms with Crippen LogP contribution in [0.25, 0.3) is 0 Å². The molecule has 0 radical (unpaired) electrons. The van der Waals surface area contributed by atoms with Gasteiger partial charge in [-0.25, -0.2) is 4.57 Å². The molecule has 0 bridgehead atoms. The molecule has 1 fully saturated rings. The number of hydrogen-bond acceptors (Lipinski definition) is 6. The predicted octanol–water partition coefficient (Wildman–Crippen LogP) is 2.17. The van der Waals surface area contributed by atoms with Crippen molar-refractivity contribution in [2.45, 2.75) is 52.7 Å². The van der Waals surface area contributed by atoms with Gasteiger partial charge in [-0.2, -0.15) is 0 Å². The highest BCUT2D eigenvalue weighted by Crippen LogP contribution is 2.55. The minimum atomic E-state index is -3.70. The van der Waals surface area contributed by atoms with E-state index in [4.69, 9.17) is 13.6 Å². The van der Waals surface area contributed by atoms with Gasteiger partial charge in [0.05, 0.1) is 24.4 Å². The molecule has 0 aliphatic carbocycles. The highest BCUT2D eigenvalue weighted by molar-refractivity contribution is 7.48. The van der Waals surface area contributed by atoms with Gasteiger partial charge < -0.3 is 10.2 Å². The van der Waals surface area contributed by atoms with Crippen molar-refractivity contribution in [3.8, 4) is 0 Å². The minimum Gasteiger partial charge on any atom is -0.338 e. The number of piperazine rings is 1. The second-order valence-electron chi connectivity index (χ2n) is 7.25. The van der Waals surface area contributed by atoms with Crippen molar-refractivity contribution in [3.63, 3.8) is 0 Å². The number of carbonyl (C=O) groups excluding carboxylic acids is 1. The number of rotatable bonds is 6. The normalized spacial score (nSPS) is 17.9. The van der Waals surface area contributed by atoms with Crippen molar-refractivity contribution >= 4 is 13.7 Å². The Morgan fingerprint density at radius 1 is 1.14 bits per heavy atom. The van der Waals surface area contributed by atoms with Gasteiger partial charge >= 0.3 is 7.82 Å². The smallest absolute Gasteiger partial charge is 0.338 e. The zero-order chi connectivity index (χ0) is 17.0. The van der Waals surface area contributed by atoms with Crippen molar-refractivity contribution < 1.29 is 22.9 Å². The molecule has 1 N–H and O–H groups in total. The van der Waals surface area contributed by atoms with E-state index in [-0.39, 0.29) is 12.5 Å². The lowest BCUT2D eigenvalue weighted by Crippen LogP contribution is -2.49. The van der Waals surface area contributed by atoms with E-state index in [1.807, 2.05) is 0 Å². The van der Waals surface area contributed by atoms with E-state index < -0.39 is 19.0 Å². The Bertz CT molecular complexity index is 408. The summed E-state index contributed by atoms with van der Waals surface area (Å²) in [6.45, 7) is 12.9. The first-order valence-corrected chi connectivity index (χ1v) is 9.01. The van der Waals surface area contributed by atoms with Gasteiger partial charge in [0.2, 0.25) is 5.91 Å². The Morgan fingerprint density at radius 3 is 2.14 bits per heavy atom. The van der Waals surface area contributed by atoms with Crippen molar-refractivity contribution in [2.75, 3.05) is 32.8 Å². The second kappa shape index (κ2) is 7.41. The quantitative estimate of drug-likeness (QED) is 0.749. The first kappa shape index (κ1) is 19.6. The largest absolute Gasteiger partial charge is 0.475 e. The summed E-state index contributed by atoms with van der Waals surface area (Å²) in [5.74, 6) is 0.0122. The van der Waals surface area contributed by atoms with E-state index in [1.54, 1.807) is 46.4 Å². The van der Waals surface area contributed by atoms with Crippen molar-refractivity contribution in [3.05, 3.63) is 0 Å². The first-order valence-electron chi connectivity index (χ1n) is 7.55. The third kappa shape index (κ3) is 7.70. The molecule has 0 aromatic rings. The zero-order valence-corrected chi connectivity index (χ0v) is 15.4. The van der Waals surface area contributed by atoms with Crippen LogP contribution in [0, 0.1) is 0 Å². The molecule has 0 aromatic carbocycles. The fraction of sp³-hybridized carbons (Fsp3) is 0.929. The fourth-order valence-electron chi connectivity index (χ4n) is 1.89. The van der Waals surface area contributed by atoms with Gasteiger partial charge in [0.25, 0.3) is 0 Å². The van der Waals surface area contributed by atoms with Crippen molar-refractivity contribution in [1.29, 1.82) is 0 Å². The molecule has 1 aliphatic heterocycles. The first-order chi connectivity index (χ1) is 9.90. The lowest BCUT2D eigenvalue weighted by Gasteiger charge is -2.32. The van der Waals surface area contributed by atoms with Gasteiger partial charge in [-0.05, 0) is 41.5 Å². The summed E-state index contributed by atoms with van der Waals surface area (Å²) in [4.78, 5) is 13.4. The van der Waals surface area contributed by atoms with Crippen LogP contribution < -0.4 is 5.32 Å². The lowest BCUT2D eigenvalue weighted by atomic mass is 10.2. The molecule has 8 heteroatoms. The summed E-state index contributed by atoms with van der Waals surface area (Å²) in [6, 6.07) is 0. The molecule has 1 rings (SSSR count). The van der Waals surface area contributed by atoms with E-state index >= 15 is 0 Å².